The molecule has 0 aromatic heterocycles. The molecule has 0 spiro atoms. The second-order valence-corrected chi connectivity index (χ2v) is 7.59. The maximum absolute atomic E-state index is 12.1. The minimum Gasteiger partial charge on any atom is -0.463 e. The Morgan fingerprint density at radius 1 is 1.14 bits per heavy atom. The number of rotatable bonds is 12. The summed E-state index contributed by atoms with van der Waals surface area (Å²) >= 11 is 0. The molecule has 6 heteroatoms. The standard InChI is InChI=1S/C22H36N2O4/c1-6-8-12-19(15-18-13-10-9-11-14-18)16-23-17(3)24-21(26)28-22(4,5)20(25)27-7-2/h9-11,13-14,17,19,23H,6-8,12,15-16H2,1-5H3,(H,24,26). The molecule has 2 N–H and O–H groups in total. The second-order valence-electron chi connectivity index (χ2n) is 7.59. The number of nitrogens with one attached hydrogen (secondary N) is 2. The van der Waals surface area contributed by atoms with Crippen LogP contribution in [0.5, 0.6) is 0 Å². The molecule has 0 heterocycles. The van der Waals surface area contributed by atoms with Gasteiger partial charge in [0.25, 0.3) is 0 Å². The first-order chi connectivity index (χ1) is 13.3. The van der Waals surface area contributed by atoms with E-state index >= 15 is 0 Å². The number of ether oxygens (including phenoxy) is 2. The Hall–Kier alpha value is -2.08. The normalized spacial score (nSPS) is 13.5. The molecule has 0 aliphatic carbocycles. The Labute approximate surface area is 169 Å². The van der Waals surface area contributed by atoms with Crippen LogP contribution in [-0.2, 0) is 20.7 Å². The molecule has 1 aromatic carbocycles. The third-order valence-corrected chi connectivity index (χ3v) is 4.50. The first kappa shape index (κ1) is 24.0. The maximum atomic E-state index is 12.1. The summed E-state index contributed by atoms with van der Waals surface area (Å²) in [4.78, 5) is 23.9. The third-order valence-electron chi connectivity index (χ3n) is 4.50. The van der Waals surface area contributed by atoms with Crippen molar-refractivity contribution >= 4 is 12.1 Å². The molecule has 0 radical (unpaired) electrons. The fraction of sp³-hybridized carbons (Fsp3) is 0.636. The van der Waals surface area contributed by atoms with Gasteiger partial charge in [-0.25, -0.2) is 9.59 Å². The van der Waals surface area contributed by atoms with Gasteiger partial charge in [0.2, 0.25) is 5.60 Å². The topological polar surface area (TPSA) is 76.7 Å². The van der Waals surface area contributed by atoms with E-state index in [0.717, 1.165) is 25.8 Å². The van der Waals surface area contributed by atoms with Crippen LogP contribution in [0.1, 0.15) is 59.4 Å². The Morgan fingerprint density at radius 2 is 1.82 bits per heavy atom. The SMILES string of the molecule is CCCCC(CNC(C)NC(=O)OC(C)(C)C(=O)OCC)Cc1ccccc1. The van der Waals surface area contributed by atoms with Gasteiger partial charge in [-0.1, -0.05) is 50.1 Å². The number of hydrogen-bond acceptors (Lipinski definition) is 5. The molecular weight excluding hydrogens is 356 g/mol. The highest BCUT2D eigenvalue weighted by atomic mass is 16.6. The maximum Gasteiger partial charge on any atom is 0.409 e. The average Bonchev–Trinajstić information content (AvgIpc) is 2.64. The minimum atomic E-state index is -1.32. The lowest BCUT2D eigenvalue weighted by atomic mass is 9.94. The highest BCUT2D eigenvalue weighted by Gasteiger charge is 2.34. The van der Waals surface area contributed by atoms with Crippen LogP contribution in [0, 0.1) is 5.92 Å². The third kappa shape index (κ3) is 9.22. The van der Waals surface area contributed by atoms with Crippen molar-refractivity contribution in [1.82, 2.24) is 10.6 Å². The van der Waals surface area contributed by atoms with E-state index in [0.29, 0.717) is 5.92 Å². The number of hydrogen-bond donors (Lipinski definition) is 2. The molecule has 1 amide bonds. The number of carbonyl (C=O) groups excluding carboxylic acids is 2. The van der Waals surface area contributed by atoms with Gasteiger partial charge in [0.15, 0.2) is 0 Å². The van der Waals surface area contributed by atoms with Crippen LogP contribution in [0.2, 0.25) is 0 Å². The number of carbonyl (C=O) groups is 2. The second kappa shape index (κ2) is 12.4. The van der Waals surface area contributed by atoms with Gasteiger partial charge < -0.3 is 14.8 Å². The average molecular weight is 393 g/mol. The van der Waals surface area contributed by atoms with Crippen LogP contribution in [0.25, 0.3) is 0 Å². The van der Waals surface area contributed by atoms with Gasteiger partial charge in [0.1, 0.15) is 0 Å². The molecule has 2 atom stereocenters. The summed E-state index contributed by atoms with van der Waals surface area (Å²) in [6, 6.07) is 10.4. The molecule has 0 aliphatic heterocycles. The van der Waals surface area contributed by atoms with Crippen molar-refractivity contribution in [2.75, 3.05) is 13.2 Å². The van der Waals surface area contributed by atoms with Crippen LogP contribution in [0.15, 0.2) is 30.3 Å². The minimum absolute atomic E-state index is 0.242. The smallest absolute Gasteiger partial charge is 0.409 e. The predicted molar refractivity (Wildman–Crippen MR) is 111 cm³/mol. The largest absolute Gasteiger partial charge is 0.463 e. The van der Waals surface area contributed by atoms with Crippen LogP contribution >= 0.6 is 0 Å². The van der Waals surface area contributed by atoms with Gasteiger partial charge in [-0.2, -0.15) is 0 Å². The van der Waals surface area contributed by atoms with E-state index in [4.69, 9.17) is 9.47 Å². The van der Waals surface area contributed by atoms with Gasteiger partial charge in [0.05, 0.1) is 12.8 Å². The van der Waals surface area contributed by atoms with E-state index in [1.807, 2.05) is 13.0 Å². The van der Waals surface area contributed by atoms with Gasteiger partial charge in [0, 0.05) is 6.54 Å². The van der Waals surface area contributed by atoms with Crippen molar-refractivity contribution in [3.8, 4) is 0 Å². The zero-order chi connectivity index (χ0) is 21.0. The molecule has 0 saturated carbocycles. The van der Waals surface area contributed by atoms with Crippen molar-refractivity contribution in [1.29, 1.82) is 0 Å². The zero-order valence-electron chi connectivity index (χ0n) is 17.9. The van der Waals surface area contributed by atoms with Crippen molar-refractivity contribution in [3.63, 3.8) is 0 Å². The molecule has 0 saturated heterocycles. The van der Waals surface area contributed by atoms with E-state index in [1.165, 1.54) is 25.8 Å². The Morgan fingerprint density at radius 3 is 2.43 bits per heavy atom. The molecule has 28 heavy (non-hydrogen) atoms. The van der Waals surface area contributed by atoms with Crippen LogP contribution in [0.4, 0.5) is 4.79 Å². The summed E-state index contributed by atoms with van der Waals surface area (Å²) in [5, 5.41) is 6.08. The Bertz CT molecular complexity index is 589. The number of esters is 1. The molecule has 6 nitrogen and oxygen atoms in total. The monoisotopic (exact) mass is 392 g/mol. The summed E-state index contributed by atoms with van der Waals surface area (Å²) in [5.41, 5.74) is -0.00170. The summed E-state index contributed by atoms with van der Waals surface area (Å²) in [7, 11) is 0. The lowest BCUT2D eigenvalue weighted by Gasteiger charge is -2.25. The summed E-state index contributed by atoms with van der Waals surface area (Å²) < 4.78 is 10.2. The zero-order valence-corrected chi connectivity index (χ0v) is 17.9. The van der Waals surface area contributed by atoms with E-state index in [-0.39, 0.29) is 12.8 Å². The van der Waals surface area contributed by atoms with Crippen molar-refractivity contribution in [3.05, 3.63) is 35.9 Å². The molecule has 158 valence electrons. The van der Waals surface area contributed by atoms with Crippen LogP contribution in [0.3, 0.4) is 0 Å². The number of benzene rings is 1. The van der Waals surface area contributed by atoms with Crippen LogP contribution < -0.4 is 10.6 Å². The summed E-state index contributed by atoms with van der Waals surface area (Å²) in [6.07, 6.45) is 3.55. The van der Waals surface area contributed by atoms with Crippen molar-refractivity contribution < 1.29 is 19.1 Å². The van der Waals surface area contributed by atoms with Gasteiger partial charge >= 0.3 is 12.1 Å². The van der Waals surface area contributed by atoms with E-state index < -0.39 is 17.7 Å². The first-order valence-electron chi connectivity index (χ1n) is 10.2. The predicted octanol–water partition coefficient (Wildman–Crippen LogP) is 4.04. The molecule has 0 bridgehead atoms. The molecule has 1 aromatic rings. The molecule has 2 unspecified atom stereocenters. The van der Waals surface area contributed by atoms with E-state index in [9.17, 15) is 9.59 Å². The lowest BCUT2D eigenvalue weighted by molar-refractivity contribution is -0.161. The molecule has 0 aliphatic rings. The quantitative estimate of drug-likeness (QED) is 0.415. The van der Waals surface area contributed by atoms with Crippen molar-refractivity contribution in [2.24, 2.45) is 5.92 Å². The fourth-order valence-corrected chi connectivity index (χ4v) is 2.90. The first-order valence-corrected chi connectivity index (χ1v) is 10.2. The van der Waals surface area contributed by atoms with Gasteiger partial charge in [-0.05, 0) is 52.0 Å². The summed E-state index contributed by atoms with van der Waals surface area (Å²) in [5.74, 6) is -0.0770. The molecular formula is C22H36N2O4. The van der Waals surface area contributed by atoms with Crippen LogP contribution in [-0.4, -0.2) is 37.0 Å². The Kier molecular flexibility index (Phi) is 10.6. The highest BCUT2D eigenvalue weighted by molar-refractivity contribution is 5.82. The highest BCUT2D eigenvalue weighted by Crippen LogP contribution is 2.15. The van der Waals surface area contributed by atoms with Gasteiger partial charge in [-0.15, -0.1) is 0 Å². The molecule has 1 rings (SSSR count). The van der Waals surface area contributed by atoms with Gasteiger partial charge in [-0.3, -0.25) is 5.32 Å². The fourth-order valence-electron chi connectivity index (χ4n) is 2.90. The van der Waals surface area contributed by atoms with Crippen molar-refractivity contribution in [2.45, 2.75) is 72.1 Å². The number of alkyl carbamates (subject to hydrolysis) is 1. The number of amides is 1. The van der Waals surface area contributed by atoms with E-state index in [1.54, 1.807) is 6.92 Å². The summed E-state index contributed by atoms with van der Waals surface area (Å²) in [6.45, 7) is 9.83. The Balaban J connectivity index is 2.49. The number of unbranched alkanes of at least 4 members (excludes halogenated alkanes) is 1. The van der Waals surface area contributed by atoms with E-state index in [2.05, 4.69) is 41.8 Å². The lowest BCUT2D eigenvalue weighted by Crippen LogP contribution is -2.49. The molecule has 0 fully saturated rings.